The van der Waals surface area contributed by atoms with Gasteiger partial charge in [0.2, 0.25) is 17.8 Å². The fraction of sp³-hybridized carbons (Fsp3) is 0.786. The van der Waals surface area contributed by atoms with E-state index in [9.17, 15) is 0 Å². The van der Waals surface area contributed by atoms with E-state index >= 15 is 0 Å². The van der Waals surface area contributed by atoms with Crippen molar-refractivity contribution in [2.45, 2.75) is 31.7 Å². The molecule has 2 aliphatic rings. The molecule has 7 heteroatoms. The van der Waals surface area contributed by atoms with E-state index in [2.05, 4.69) is 36.7 Å². The molecule has 3 rings (SSSR count). The van der Waals surface area contributed by atoms with Crippen molar-refractivity contribution in [1.82, 2.24) is 19.9 Å². The van der Waals surface area contributed by atoms with Crippen molar-refractivity contribution in [2.75, 3.05) is 55.8 Å². The summed E-state index contributed by atoms with van der Waals surface area (Å²) < 4.78 is 0. The number of anilines is 3. The van der Waals surface area contributed by atoms with E-state index in [4.69, 9.17) is 5.73 Å². The Morgan fingerprint density at radius 2 is 1.90 bits per heavy atom. The average Bonchev–Trinajstić information content (AvgIpc) is 3.11. The molecule has 1 aromatic rings. The fourth-order valence-corrected chi connectivity index (χ4v) is 3.21. The van der Waals surface area contributed by atoms with Crippen molar-refractivity contribution < 1.29 is 0 Å². The number of nitrogen functional groups attached to an aromatic ring is 1. The number of rotatable bonds is 4. The Balaban J connectivity index is 1.74. The third-order valence-electron chi connectivity index (χ3n) is 4.52. The van der Waals surface area contributed by atoms with Gasteiger partial charge in [-0.2, -0.15) is 15.0 Å². The standard InChI is InChI=1S/C14H25N7/c1-19-7-5-6-11(19)10-20(2)13-16-12(15)17-14(18-13)21-8-3-4-9-21/h11H,3-10H2,1-2H3,(H2,15,16,17,18). The lowest BCUT2D eigenvalue weighted by Gasteiger charge is -2.26. The zero-order chi connectivity index (χ0) is 14.8. The lowest BCUT2D eigenvalue weighted by molar-refractivity contribution is 0.313. The molecule has 0 radical (unpaired) electrons. The number of aromatic nitrogens is 3. The van der Waals surface area contributed by atoms with Crippen LogP contribution in [0.3, 0.4) is 0 Å². The van der Waals surface area contributed by atoms with E-state index in [0.717, 1.165) is 25.6 Å². The van der Waals surface area contributed by atoms with Gasteiger partial charge < -0.3 is 20.4 Å². The number of nitrogens with two attached hydrogens (primary N) is 1. The van der Waals surface area contributed by atoms with Crippen LogP contribution in [0.5, 0.6) is 0 Å². The highest BCUT2D eigenvalue weighted by molar-refractivity contribution is 5.43. The lowest BCUT2D eigenvalue weighted by Crippen LogP contribution is -2.37. The molecular weight excluding hydrogens is 266 g/mol. The second-order valence-corrected chi connectivity index (χ2v) is 6.14. The van der Waals surface area contributed by atoms with Crippen LogP contribution in [-0.4, -0.2) is 66.2 Å². The molecule has 0 amide bonds. The Labute approximate surface area is 126 Å². The van der Waals surface area contributed by atoms with E-state index in [1.807, 2.05) is 7.05 Å². The van der Waals surface area contributed by atoms with E-state index in [-0.39, 0.29) is 0 Å². The molecule has 1 atom stereocenters. The maximum Gasteiger partial charge on any atom is 0.231 e. The molecule has 116 valence electrons. The molecule has 2 saturated heterocycles. The van der Waals surface area contributed by atoms with Gasteiger partial charge in [0.15, 0.2) is 0 Å². The molecule has 1 unspecified atom stereocenters. The third-order valence-corrected chi connectivity index (χ3v) is 4.52. The van der Waals surface area contributed by atoms with Crippen molar-refractivity contribution in [3.8, 4) is 0 Å². The molecule has 7 nitrogen and oxygen atoms in total. The van der Waals surface area contributed by atoms with Crippen LogP contribution in [0.15, 0.2) is 0 Å². The SMILES string of the molecule is CN(CC1CCCN1C)c1nc(N)nc(N2CCCC2)n1. The minimum absolute atomic E-state index is 0.313. The molecule has 2 N–H and O–H groups in total. The van der Waals surface area contributed by atoms with E-state index in [1.54, 1.807) is 0 Å². The number of hydrogen-bond donors (Lipinski definition) is 1. The van der Waals surface area contributed by atoms with Crippen molar-refractivity contribution in [3.05, 3.63) is 0 Å². The van der Waals surface area contributed by atoms with E-state index in [0.29, 0.717) is 17.9 Å². The van der Waals surface area contributed by atoms with Crippen LogP contribution in [0.2, 0.25) is 0 Å². The van der Waals surface area contributed by atoms with E-state index < -0.39 is 0 Å². The molecule has 0 bridgehead atoms. The molecule has 2 fully saturated rings. The van der Waals surface area contributed by atoms with E-state index in [1.165, 1.54) is 32.2 Å². The van der Waals surface area contributed by atoms with Crippen molar-refractivity contribution in [2.24, 2.45) is 0 Å². The van der Waals surface area contributed by atoms with Crippen LogP contribution in [-0.2, 0) is 0 Å². The van der Waals surface area contributed by atoms with Crippen LogP contribution in [0.25, 0.3) is 0 Å². The molecule has 0 saturated carbocycles. The molecule has 2 aliphatic heterocycles. The maximum atomic E-state index is 5.87. The summed E-state index contributed by atoms with van der Waals surface area (Å²) in [4.78, 5) is 19.9. The molecule has 1 aromatic heterocycles. The van der Waals surface area contributed by atoms with Crippen LogP contribution < -0.4 is 15.5 Å². The Morgan fingerprint density at radius 3 is 2.57 bits per heavy atom. The highest BCUT2D eigenvalue weighted by Crippen LogP contribution is 2.21. The molecule has 0 spiro atoms. The molecule has 0 aromatic carbocycles. The predicted octanol–water partition coefficient (Wildman–Crippen LogP) is 0.584. The summed E-state index contributed by atoms with van der Waals surface area (Å²) in [7, 11) is 4.22. The van der Waals surface area contributed by atoms with Crippen LogP contribution in [0.1, 0.15) is 25.7 Å². The average molecular weight is 291 g/mol. The molecular formula is C14H25N7. The maximum absolute atomic E-state index is 5.87. The van der Waals surface area contributed by atoms with Gasteiger partial charge in [0.25, 0.3) is 0 Å². The van der Waals surface area contributed by atoms with Crippen LogP contribution >= 0.6 is 0 Å². The van der Waals surface area contributed by atoms with Gasteiger partial charge in [0.05, 0.1) is 0 Å². The molecule has 21 heavy (non-hydrogen) atoms. The first kappa shape index (κ1) is 14.3. The smallest absolute Gasteiger partial charge is 0.231 e. The minimum atomic E-state index is 0.313. The van der Waals surface area contributed by atoms with Gasteiger partial charge >= 0.3 is 0 Å². The number of likely N-dealkylation sites (N-methyl/N-ethyl adjacent to an activating group) is 2. The molecule has 3 heterocycles. The van der Waals surface area contributed by atoms with Crippen molar-refractivity contribution in [3.63, 3.8) is 0 Å². The van der Waals surface area contributed by atoms with Gasteiger partial charge in [-0.25, -0.2) is 0 Å². The quantitative estimate of drug-likeness (QED) is 0.870. The summed E-state index contributed by atoms with van der Waals surface area (Å²) >= 11 is 0. The first-order valence-electron chi connectivity index (χ1n) is 7.81. The van der Waals surface area contributed by atoms with Crippen LogP contribution in [0, 0.1) is 0 Å². The normalized spacial score (nSPS) is 23.0. The topological polar surface area (TPSA) is 74.4 Å². The summed E-state index contributed by atoms with van der Waals surface area (Å²) in [6.45, 7) is 4.13. The summed E-state index contributed by atoms with van der Waals surface area (Å²) in [5, 5.41) is 0. The van der Waals surface area contributed by atoms with Gasteiger partial charge in [-0.1, -0.05) is 0 Å². The largest absolute Gasteiger partial charge is 0.368 e. The van der Waals surface area contributed by atoms with Crippen LogP contribution in [0.4, 0.5) is 17.8 Å². The second-order valence-electron chi connectivity index (χ2n) is 6.14. The summed E-state index contributed by atoms with van der Waals surface area (Å²) in [5.74, 6) is 1.72. The predicted molar refractivity (Wildman–Crippen MR) is 84.6 cm³/mol. The number of nitrogens with zero attached hydrogens (tertiary/aromatic N) is 6. The minimum Gasteiger partial charge on any atom is -0.368 e. The van der Waals surface area contributed by atoms with Gasteiger partial charge in [0, 0.05) is 32.7 Å². The van der Waals surface area contributed by atoms with Gasteiger partial charge in [-0.05, 0) is 39.3 Å². The number of hydrogen-bond acceptors (Lipinski definition) is 7. The first-order valence-corrected chi connectivity index (χ1v) is 7.81. The Kier molecular flexibility index (Phi) is 4.10. The van der Waals surface area contributed by atoms with Crippen molar-refractivity contribution in [1.29, 1.82) is 0 Å². The fourth-order valence-electron chi connectivity index (χ4n) is 3.21. The first-order chi connectivity index (χ1) is 10.1. The van der Waals surface area contributed by atoms with Gasteiger partial charge in [-0.15, -0.1) is 0 Å². The second kappa shape index (κ2) is 6.01. The summed E-state index contributed by atoms with van der Waals surface area (Å²) in [6.07, 6.45) is 4.90. The lowest BCUT2D eigenvalue weighted by atomic mass is 10.2. The monoisotopic (exact) mass is 291 g/mol. The highest BCUT2D eigenvalue weighted by Gasteiger charge is 2.24. The van der Waals surface area contributed by atoms with Gasteiger partial charge in [0.1, 0.15) is 0 Å². The Bertz CT molecular complexity index is 486. The molecule has 0 aliphatic carbocycles. The van der Waals surface area contributed by atoms with Gasteiger partial charge in [-0.3, -0.25) is 0 Å². The third kappa shape index (κ3) is 3.18. The summed E-state index contributed by atoms with van der Waals surface area (Å²) in [5.41, 5.74) is 5.87. The number of likely N-dealkylation sites (tertiary alicyclic amines) is 1. The van der Waals surface area contributed by atoms with Crippen molar-refractivity contribution >= 4 is 17.8 Å². The highest BCUT2D eigenvalue weighted by atomic mass is 15.4. The Hall–Kier alpha value is -1.63. The summed E-state index contributed by atoms with van der Waals surface area (Å²) in [6, 6.07) is 0.572. The Morgan fingerprint density at radius 1 is 1.14 bits per heavy atom. The zero-order valence-electron chi connectivity index (χ0n) is 13.0. The zero-order valence-corrected chi connectivity index (χ0v) is 13.0.